The Kier molecular flexibility index (Phi) is 10.8. The summed E-state index contributed by atoms with van der Waals surface area (Å²) in [6.07, 6.45) is -0.442. The van der Waals surface area contributed by atoms with Crippen LogP contribution < -0.4 is 20.3 Å². The van der Waals surface area contributed by atoms with Crippen LogP contribution in [0.4, 0.5) is 5.95 Å². The number of nitrogens with zero attached hydrogens (tertiary/aromatic N) is 3. The number of carbonyl (C=O) groups excluding carboxylic acids is 1. The first-order chi connectivity index (χ1) is 24.4. The van der Waals surface area contributed by atoms with Crippen molar-refractivity contribution < 1.29 is 32.8 Å². The standard InChI is InChI=1S/C36H39N5O8PSe/c1-22(2)33(42)39-35-38-32-31(34(43)40-35)37-21-41(32)30-19-28(49-50(5,44)51)29(48-30)20-47-36(23-9-7-6-8-10-23,24-11-15-26(45-3)16-12-24)25-13-17-27(46-4)18-14-25/h6-18,21-22,28-30H,19-20H2,1-5H3,(H2,38,39,40,42,43)/t28-,29+,30+,50?/m0/s1. The summed E-state index contributed by atoms with van der Waals surface area (Å²) < 4.78 is 45.4. The molecule has 0 spiro atoms. The summed E-state index contributed by atoms with van der Waals surface area (Å²) in [6.45, 7) is 4.97. The maximum absolute atomic E-state index is 13.0. The van der Waals surface area contributed by atoms with Gasteiger partial charge in [0.15, 0.2) is 0 Å². The van der Waals surface area contributed by atoms with Gasteiger partial charge in [-0.2, -0.15) is 0 Å². The first-order valence-electron chi connectivity index (χ1n) is 16.3. The van der Waals surface area contributed by atoms with E-state index >= 15 is 0 Å². The van der Waals surface area contributed by atoms with Crippen molar-refractivity contribution in [3.63, 3.8) is 0 Å². The molecule has 15 heteroatoms. The molecule has 13 nitrogen and oxygen atoms in total. The Balaban J connectivity index is 1.40. The molecule has 6 rings (SSSR count). The number of nitrogens with one attached hydrogen (secondary N) is 2. The van der Waals surface area contributed by atoms with Gasteiger partial charge in [0.05, 0.1) is 14.2 Å². The number of carbonyl (C=O) groups is 1. The monoisotopic (exact) mass is 780 g/mol. The quantitative estimate of drug-likeness (QED) is 0.0902. The van der Waals surface area contributed by atoms with E-state index in [2.05, 4.69) is 35.8 Å². The molecule has 51 heavy (non-hydrogen) atoms. The minimum atomic E-state index is -3.13. The molecule has 5 aromatic rings. The van der Waals surface area contributed by atoms with E-state index in [1.807, 2.05) is 78.9 Å². The van der Waals surface area contributed by atoms with E-state index in [9.17, 15) is 14.2 Å². The van der Waals surface area contributed by atoms with Gasteiger partial charge in [-0.25, -0.2) is 0 Å². The van der Waals surface area contributed by atoms with Crippen molar-refractivity contribution in [1.82, 2.24) is 19.5 Å². The molecule has 2 N–H and O–H groups in total. The molecule has 1 aliphatic heterocycles. The van der Waals surface area contributed by atoms with Crippen LogP contribution in [0.15, 0.2) is 90.0 Å². The number of H-pyrrole nitrogens is 1. The average molecular weight is 780 g/mol. The fraction of sp³-hybridized carbons (Fsp3) is 0.333. The third-order valence-corrected chi connectivity index (χ3v) is 9.85. The van der Waals surface area contributed by atoms with Gasteiger partial charge in [-0.1, -0.05) is 13.8 Å². The van der Waals surface area contributed by atoms with Gasteiger partial charge in [-0.05, 0) is 0 Å². The first kappa shape index (κ1) is 36.5. The van der Waals surface area contributed by atoms with Crippen molar-refractivity contribution in [3.8, 4) is 11.5 Å². The molecule has 0 aliphatic carbocycles. The molecule has 0 saturated carbocycles. The molecular formula is C36H39N5O8PSe. The molecular weight excluding hydrogens is 740 g/mol. The first-order valence-corrected chi connectivity index (χ1v) is 20.6. The number of benzene rings is 3. The Morgan fingerprint density at radius 2 is 1.61 bits per heavy atom. The van der Waals surface area contributed by atoms with Crippen LogP contribution in [0.3, 0.4) is 0 Å². The van der Waals surface area contributed by atoms with Crippen molar-refractivity contribution >= 4 is 44.6 Å². The number of ether oxygens (including phenoxy) is 4. The molecule has 4 atom stereocenters. The van der Waals surface area contributed by atoms with Gasteiger partial charge in [0.2, 0.25) is 0 Å². The van der Waals surface area contributed by atoms with Crippen molar-refractivity contribution in [3.05, 3.63) is 112 Å². The zero-order chi connectivity index (χ0) is 36.3. The van der Waals surface area contributed by atoms with Crippen LogP contribution in [0.2, 0.25) is 0 Å². The zero-order valence-electron chi connectivity index (χ0n) is 28.8. The van der Waals surface area contributed by atoms with Gasteiger partial charge in [0, 0.05) is 0 Å². The fourth-order valence-corrected chi connectivity index (χ4v) is 7.53. The molecule has 0 bridgehead atoms. The number of aromatic amines is 1. The van der Waals surface area contributed by atoms with Crippen LogP contribution in [0, 0.1) is 5.92 Å². The third-order valence-electron chi connectivity index (χ3n) is 8.65. The number of amides is 1. The Bertz CT molecular complexity index is 2040. The summed E-state index contributed by atoms with van der Waals surface area (Å²) in [6, 6.07) is 22.1. The van der Waals surface area contributed by atoms with Gasteiger partial charge in [0.1, 0.15) is 0 Å². The van der Waals surface area contributed by atoms with E-state index < -0.39 is 35.7 Å². The Hall–Kier alpha value is -4.29. The van der Waals surface area contributed by atoms with Crippen molar-refractivity contribution in [1.29, 1.82) is 0 Å². The number of anilines is 1. The number of fused-ring (bicyclic) bond motifs is 1. The van der Waals surface area contributed by atoms with E-state index in [1.165, 1.54) is 13.0 Å². The van der Waals surface area contributed by atoms with Gasteiger partial charge in [-0.15, -0.1) is 0 Å². The molecule has 267 valence electrons. The summed E-state index contributed by atoms with van der Waals surface area (Å²) in [4.78, 5) is 36.7. The van der Waals surface area contributed by atoms with Crippen molar-refractivity contribution in [2.75, 3.05) is 32.8 Å². The van der Waals surface area contributed by atoms with Crippen LogP contribution in [-0.2, 0) is 29.0 Å². The summed E-state index contributed by atoms with van der Waals surface area (Å²) in [7, 11) is 3.23. The SMILES string of the molecule is COc1ccc(C(OC[C@H]2O[C@@H](n3cnc4c(=O)[nH]c(NC(=O)C(C)C)nc43)C[C@@H]2OP(C)(=O)[Se])(c2ccccc2)c2ccc(OC)cc2)cc1. The third kappa shape index (κ3) is 7.82. The topological polar surface area (TPSA) is 156 Å². The van der Waals surface area contributed by atoms with Crippen LogP contribution in [0.25, 0.3) is 11.2 Å². The number of rotatable bonds is 13. The van der Waals surface area contributed by atoms with Crippen LogP contribution in [-0.4, -0.2) is 80.7 Å². The second kappa shape index (κ2) is 15.1. The minimum absolute atomic E-state index is 0.00442. The van der Waals surface area contributed by atoms with E-state index in [-0.39, 0.29) is 42.0 Å². The Morgan fingerprint density at radius 1 is 1.02 bits per heavy atom. The van der Waals surface area contributed by atoms with E-state index in [0.717, 1.165) is 16.7 Å². The van der Waals surface area contributed by atoms with Crippen molar-refractivity contribution in [2.45, 2.75) is 44.3 Å². The van der Waals surface area contributed by atoms with Crippen LogP contribution >= 0.6 is 6.06 Å². The van der Waals surface area contributed by atoms with E-state index in [4.69, 9.17) is 23.5 Å². The Labute approximate surface area is 302 Å². The molecule has 3 aromatic carbocycles. The van der Waals surface area contributed by atoms with Crippen LogP contribution in [0.1, 0.15) is 43.2 Å². The average Bonchev–Trinajstić information content (AvgIpc) is 3.72. The maximum atomic E-state index is 13.0. The van der Waals surface area contributed by atoms with Crippen molar-refractivity contribution in [2.24, 2.45) is 5.92 Å². The molecule has 1 radical (unpaired) electrons. The summed E-state index contributed by atoms with van der Waals surface area (Å²) in [5.41, 5.74) is 1.15. The second-order valence-corrected chi connectivity index (χ2v) is 18.4. The normalized spacial score (nSPS) is 18.8. The molecule has 1 fully saturated rings. The van der Waals surface area contributed by atoms with E-state index in [0.29, 0.717) is 11.5 Å². The molecule has 2 aromatic heterocycles. The number of aromatic nitrogens is 4. The van der Waals surface area contributed by atoms with Gasteiger partial charge in [-0.3, -0.25) is 0 Å². The van der Waals surface area contributed by atoms with Gasteiger partial charge < -0.3 is 0 Å². The molecule has 1 unspecified atom stereocenters. The molecule has 1 saturated heterocycles. The molecule has 1 aliphatic rings. The molecule has 1 amide bonds. The number of methoxy groups -OCH3 is 2. The zero-order valence-corrected chi connectivity index (χ0v) is 31.4. The predicted octanol–water partition coefficient (Wildman–Crippen LogP) is 5.40. The second-order valence-electron chi connectivity index (χ2n) is 12.5. The van der Waals surface area contributed by atoms with Gasteiger partial charge in [0.25, 0.3) is 0 Å². The van der Waals surface area contributed by atoms with E-state index in [1.54, 1.807) is 32.6 Å². The number of hydrogen-bond donors (Lipinski definition) is 2. The number of imidazole rings is 1. The predicted molar refractivity (Wildman–Crippen MR) is 193 cm³/mol. The number of hydrogen-bond acceptors (Lipinski definition) is 10. The summed E-state index contributed by atoms with van der Waals surface area (Å²) in [5.74, 6) is 0.736. The Morgan fingerprint density at radius 3 is 2.16 bits per heavy atom. The summed E-state index contributed by atoms with van der Waals surface area (Å²) >= 11 is 2.65. The summed E-state index contributed by atoms with van der Waals surface area (Å²) in [5, 5.41) is 2.64. The van der Waals surface area contributed by atoms with Gasteiger partial charge >= 0.3 is 276 Å². The molecule has 3 heterocycles. The van der Waals surface area contributed by atoms with Crippen LogP contribution in [0.5, 0.6) is 11.5 Å². The fourth-order valence-electron chi connectivity index (χ4n) is 6.12.